The van der Waals surface area contributed by atoms with Crippen LogP contribution in [0.4, 0.5) is 0 Å². The fraction of sp³-hybridized carbons (Fsp3) is 0.659. The molecule has 6 atom stereocenters. The summed E-state index contributed by atoms with van der Waals surface area (Å²) in [6.07, 6.45) is 13.0. The highest BCUT2D eigenvalue weighted by atomic mass is 31.1. The molecule has 2 aliphatic rings. The van der Waals surface area contributed by atoms with E-state index >= 15 is 0 Å². The topological polar surface area (TPSA) is 221 Å². The molecular weight excluding hydrogens is 816 g/mol. The third-order valence-electron chi connectivity index (χ3n) is 11.5. The summed E-state index contributed by atoms with van der Waals surface area (Å²) >= 11 is 0. The Balaban J connectivity index is 1.57. The summed E-state index contributed by atoms with van der Waals surface area (Å²) in [5.74, 6) is -3.60. The summed E-state index contributed by atoms with van der Waals surface area (Å²) in [5, 5.41) is 23.9. The van der Waals surface area contributed by atoms with Gasteiger partial charge in [-0.1, -0.05) is 63.4 Å². The number of aromatic nitrogens is 2. The molecule has 18 heteroatoms. The normalized spacial score (nSPS) is 21.4. The molecule has 2 bridgehead atoms. The van der Waals surface area contributed by atoms with Crippen LogP contribution >= 0.6 is 8.69 Å². The molecule has 1 aromatic heterocycles. The first-order chi connectivity index (χ1) is 29.8. The second-order valence-corrected chi connectivity index (χ2v) is 17.3. The number of aliphatic hydroxyl groups is 1. The summed E-state index contributed by atoms with van der Waals surface area (Å²) in [7, 11) is -0.705. The van der Waals surface area contributed by atoms with Crippen LogP contribution < -0.4 is 31.2 Å². The van der Waals surface area contributed by atoms with Gasteiger partial charge in [0.25, 0.3) is 0 Å². The zero-order chi connectivity index (χ0) is 45.0. The largest absolute Gasteiger partial charge is 0.394 e. The fourth-order valence-corrected chi connectivity index (χ4v) is 8.33. The van der Waals surface area contributed by atoms with E-state index in [1.165, 1.54) is 24.3 Å². The number of unbranched alkanes of at least 4 members (excludes halogenated alkanes) is 5. The maximum Gasteiger partial charge on any atom is 0.327 e. The quantitative estimate of drug-likeness (QED) is 0.0692. The Morgan fingerprint density at radius 3 is 2.37 bits per heavy atom. The molecule has 0 radical (unpaired) electrons. The molecule has 2 aliphatic heterocycles. The van der Waals surface area contributed by atoms with Crippen LogP contribution in [0.5, 0.6) is 0 Å². The summed E-state index contributed by atoms with van der Waals surface area (Å²) in [6, 6.07) is 4.61. The van der Waals surface area contributed by atoms with Crippen LogP contribution in [-0.2, 0) is 63.8 Å². The first-order valence-corrected chi connectivity index (χ1v) is 23.0. The van der Waals surface area contributed by atoms with Gasteiger partial charge >= 0.3 is 8.69 Å². The van der Waals surface area contributed by atoms with Gasteiger partial charge in [-0.05, 0) is 76.2 Å². The number of carbonyl (C=O) groups excluding carboxylic acids is 6. The maximum atomic E-state index is 14.3. The number of fused-ring (bicyclic) bond motifs is 2. The number of imidazole rings is 1. The van der Waals surface area contributed by atoms with Crippen molar-refractivity contribution < 1.29 is 47.5 Å². The van der Waals surface area contributed by atoms with E-state index in [0.717, 1.165) is 50.6 Å². The molecule has 0 saturated carbocycles. The van der Waals surface area contributed by atoms with Crippen molar-refractivity contribution in [3.8, 4) is 0 Å². The summed E-state index contributed by atoms with van der Waals surface area (Å²) in [5.41, 5.74) is 2.11. The lowest BCUT2D eigenvalue weighted by Gasteiger charge is -2.28. The van der Waals surface area contributed by atoms with Gasteiger partial charge in [0.15, 0.2) is 0 Å². The van der Waals surface area contributed by atoms with E-state index in [2.05, 4.69) is 55.4 Å². The average Bonchev–Trinajstić information content (AvgIpc) is 3.89. The lowest BCUT2D eigenvalue weighted by Crippen LogP contribution is -2.61. The van der Waals surface area contributed by atoms with E-state index in [-0.39, 0.29) is 24.7 Å². The molecule has 1 aromatic carbocycles. The number of hydrogen-bond donors (Lipinski definition) is 6. The monoisotopic (exact) mass is 883 g/mol. The third-order valence-corrected chi connectivity index (χ3v) is 11.9. The van der Waals surface area contributed by atoms with E-state index in [0.29, 0.717) is 51.9 Å². The van der Waals surface area contributed by atoms with Crippen LogP contribution in [0.1, 0.15) is 110 Å². The Morgan fingerprint density at radius 1 is 0.952 bits per heavy atom. The number of carbonyl (C=O) groups is 6. The molecule has 17 nitrogen and oxygen atoms in total. The van der Waals surface area contributed by atoms with Crippen LogP contribution in [0, 0.1) is 5.92 Å². The van der Waals surface area contributed by atoms with Gasteiger partial charge in [-0.3, -0.25) is 33.3 Å². The second-order valence-electron chi connectivity index (χ2n) is 17.0. The number of nitrogens with zero attached hydrogens (tertiary/aromatic N) is 3. The summed E-state index contributed by atoms with van der Waals surface area (Å²) in [6.45, 7) is 7.83. The van der Waals surface area contributed by atoms with Gasteiger partial charge in [-0.15, -0.1) is 0 Å². The molecule has 0 spiro atoms. The predicted molar refractivity (Wildman–Crippen MR) is 231 cm³/mol. The zero-order valence-electron chi connectivity index (χ0n) is 36.8. The first kappa shape index (κ1) is 49.9. The standard InChI is InChI=1S/C44H67N8O9P/c1-30(2)25-35(47-43(58)38-20-16-24-52(38)32(4)54)40(55)46-36-26-34-27-50(29-51(34)23-14-8-6-5-7-10-17-33-18-11-9-12-19-33)22-15-13-21-45-44(59)39(31(3)61-62-60)49-42(57)37(28-53)48-41(36)56/h9,11-12,18-19,27,29-31,35-39,53H,5-8,10,13-17,20-26,28H2,1-4H3,(H4-,45,46,47,48,49,55,56,57,58,59)/p+1/t31-,35+,36+,37+,38+,39+/m1/s1. The van der Waals surface area contributed by atoms with Gasteiger partial charge in [0.05, 0.1) is 25.8 Å². The molecule has 0 aliphatic carbocycles. The van der Waals surface area contributed by atoms with Gasteiger partial charge in [0, 0.05) is 26.4 Å². The molecule has 6 N–H and O–H groups in total. The van der Waals surface area contributed by atoms with Gasteiger partial charge < -0.3 is 36.6 Å². The van der Waals surface area contributed by atoms with Gasteiger partial charge in [-0.2, -0.15) is 0 Å². The zero-order valence-corrected chi connectivity index (χ0v) is 37.7. The predicted octanol–water partition coefficient (Wildman–Crippen LogP) is 2.41. The Kier molecular flexibility index (Phi) is 21.0. The number of likely N-dealkylation sites (tertiary alicyclic amines) is 1. The molecular formula is C44H68N8O9P+. The van der Waals surface area contributed by atoms with Crippen molar-refractivity contribution in [3.05, 3.63) is 54.1 Å². The first-order valence-electron chi connectivity index (χ1n) is 22.3. The maximum absolute atomic E-state index is 14.3. The van der Waals surface area contributed by atoms with E-state index in [1.54, 1.807) is 0 Å². The number of benzene rings is 1. The lowest BCUT2D eigenvalue weighted by molar-refractivity contribution is -0.697. The highest BCUT2D eigenvalue weighted by molar-refractivity contribution is 7.17. The van der Waals surface area contributed by atoms with Crippen molar-refractivity contribution >= 4 is 44.1 Å². The van der Waals surface area contributed by atoms with Crippen molar-refractivity contribution in [2.24, 2.45) is 5.92 Å². The third kappa shape index (κ3) is 15.9. The Bertz CT molecular complexity index is 1790. The molecule has 342 valence electrons. The Morgan fingerprint density at radius 2 is 1.68 bits per heavy atom. The molecule has 1 fully saturated rings. The number of rotatable bonds is 19. The van der Waals surface area contributed by atoms with Crippen molar-refractivity contribution in [2.75, 3.05) is 19.7 Å². The number of aliphatic hydroxyl groups excluding tert-OH is 1. The minimum atomic E-state index is -1.54. The number of nitrogens with one attached hydrogen (secondary N) is 5. The van der Waals surface area contributed by atoms with Gasteiger partial charge in [0.2, 0.25) is 41.8 Å². The van der Waals surface area contributed by atoms with Gasteiger partial charge in [0.1, 0.15) is 42.1 Å². The van der Waals surface area contributed by atoms with E-state index in [4.69, 9.17) is 4.52 Å². The van der Waals surface area contributed by atoms with Crippen LogP contribution in [0.15, 0.2) is 42.9 Å². The second kappa shape index (κ2) is 26.0. The number of amides is 6. The average molecular weight is 884 g/mol. The molecule has 4 rings (SSSR count). The minimum absolute atomic E-state index is 0.0169. The molecule has 2 aromatic rings. The molecule has 6 amide bonds. The van der Waals surface area contributed by atoms with E-state index < -0.39 is 81.1 Å². The SMILES string of the molecule is CC(=O)N1CCC[C@H]1C(=O)N[C@@H](CC(C)C)C(=O)N[C@H]1Cc2c[n+](cn2CCCCCCCCc2ccccc2)CCCCNC(=O)[C@H]([C@@H](C)OP=O)NC(=O)[C@H](CO)NC1=O. The van der Waals surface area contributed by atoms with E-state index in [1.807, 2.05) is 37.0 Å². The molecule has 0 unspecified atom stereocenters. The summed E-state index contributed by atoms with van der Waals surface area (Å²) < 4.78 is 20.5. The Hall–Kier alpha value is -4.73. The molecule has 3 heterocycles. The van der Waals surface area contributed by atoms with E-state index in [9.17, 15) is 38.4 Å². The number of hydrogen-bond acceptors (Lipinski definition) is 9. The van der Waals surface area contributed by atoms with Crippen LogP contribution in [-0.4, -0.2) is 106 Å². The minimum Gasteiger partial charge on any atom is -0.394 e. The van der Waals surface area contributed by atoms with Crippen molar-refractivity contribution in [1.82, 2.24) is 36.1 Å². The highest BCUT2D eigenvalue weighted by Crippen LogP contribution is 2.19. The van der Waals surface area contributed by atoms with Crippen molar-refractivity contribution in [2.45, 2.75) is 161 Å². The van der Waals surface area contributed by atoms with Crippen molar-refractivity contribution in [3.63, 3.8) is 0 Å². The summed E-state index contributed by atoms with van der Waals surface area (Å²) in [4.78, 5) is 82.6. The lowest BCUT2D eigenvalue weighted by atomic mass is 10.0. The van der Waals surface area contributed by atoms with Crippen LogP contribution in [0.2, 0.25) is 0 Å². The van der Waals surface area contributed by atoms with Crippen molar-refractivity contribution in [1.29, 1.82) is 0 Å². The smallest absolute Gasteiger partial charge is 0.327 e. The number of aryl methyl sites for hydroxylation is 3. The highest BCUT2D eigenvalue weighted by Gasteiger charge is 2.37. The molecule has 62 heavy (non-hydrogen) atoms. The van der Waals surface area contributed by atoms with Crippen LogP contribution in [0.25, 0.3) is 0 Å². The Labute approximate surface area is 367 Å². The van der Waals surface area contributed by atoms with Gasteiger partial charge in [-0.25, -0.2) is 13.7 Å². The van der Waals surface area contributed by atoms with Crippen LogP contribution in [0.3, 0.4) is 0 Å². The molecule has 1 saturated heterocycles. The fourth-order valence-electron chi connectivity index (χ4n) is 8.07.